The fraction of sp³-hybridized carbons (Fsp3) is 0.500. The first-order valence-electron chi connectivity index (χ1n) is 10.8. The normalized spacial score (nSPS) is 22.4. The Hall–Kier alpha value is -2.56. The molecule has 5 nitrogen and oxygen atoms in total. The van der Waals surface area contributed by atoms with Crippen LogP contribution in [0.2, 0.25) is 0 Å². The summed E-state index contributed by atoms with van der Waals surface area (Å²) in [7, 11) is 0. The molecule has 0 spiro atoms. The molecule has 1 fully saturated rings. The number of carbonyl (C=O) groups is 2. The summed E-state index contributed by atoms with van der Waals surface area (Å²) in [6.45, 7) is 4.36. The first-order chi connectivity index (χ1) is 14.1. The van der Waals surface area contributed by atoms with Gasteiger partial charge in [0.25, 0.3) is 0 Å². The molecule has 0 saturated heterocycles. The Labute approximate surface area is 172 Å². The van der Waals surface area contributed by atoms with Crippen LogP contribution in [0.15, 0.2) is 46.8 Å². The number of hydrogen-bond donors (Lipinski definition) is 1. The highest BCUT2D eigenvalue weighted by Gasteiger charge is 2.40. The van der Waals surface area contributed by atoms with Gasteiger partial charge in [-0.05, 0) is 58.4 Å². The Kier molecular flexibility index (Phi) is 5.74. The second-order valence-electron chi connectivity index (χ2n) is 8.05. The predicted molar refractivity (Wildman–Crippen MR) is 110 cm³/mol. The third-order valence-electron chi connectivity index (χ3n) is 6.10. The van der Waals surface area contributed by atoms with Crippen LogP contribution in [0.5, 0.6) is 5.75 Å². The molecule has 154 valence electrons. The van der Waals surface area contributed by atoms with Crippen LogP contribution in [0.25, 0.3) is 0 Å². The maximum absolute atomic E-state index is 13.3. The highest BCUT2D eigenvalue weighted by atomic mass is 16.5. The number of allylic oxidation sites excluding steroid dienone is 3. The fourth-order valence-corrected chi connectivity index (χ4v) is 4.79. The number of para-hydroxylation sites is 1. The topological polar surface area (TPSA) is 64.6 Å². The van der Waals surface area contributed by atoms with Crippen molar-refractivity contribution >= 4 is 11.8 Å². The number of dihydropyridines is 1. The maximum atomic E-state index is 13.3. The largest absolute Gasteiger partial charge is 0.494 e. The lowest BCUT2D eigenvalue weighted by Crippen LogP contribution is -2.35. The van der Waals surface area contributed by atoms with Gasteiger partial charge in [-0.25, -0.2) is 4.79 Å². The monoisotopic (exact) mass is 395 g/mol. The smallest absolute Gasteiger partial charge is 0.337 e. The van der Waals surface area contributed by atoms with Crippen molar-refractivity contribution in [1.82, 2.24) is 5.32 Å². The van der Waals surface area contributed by atoms with E-state index >= 15 is 0 Å². The van der Waals surface area contributed by atoms with Gasteiger partial charge in [-0.3, -0.25) is 4.79 Å². The van der Waals surface area contributed by atoms with E-state index in [0.717, 1.165) is 55.5 Å². The van der Waals surface area contributed by atoms with E-state index < -0.39 is 5.92 Å². The third-order valence-corrected chi connectivity index (χ3v) is 6.10. The van der Waals surface area contributed by atoms with E-state index in [2.05, 4.69) is 5.32 Å². The van der Waals surface area contributed by atoms with Crippen LogP contribution in [-0.2, 0) is 14.3 Å². The molecular weight excluding hydrogens is 366 g/mol. The molecule has 1 aromatic carbocycles. The van der Waals surface area contributed by atoms with Crippen LogP contribution in [0.4, 0.5) is 0 Å². The Balaban J connectivity index is 1.80. The minimum atomic E-state index is -0.448. The van der Waals surface area contributed by atoms with Crippen molar-refractivity contribution in [2.45, 2.75) is 70.8 Å². The van der Waals surface area contributed by atoms with E-state index in [-0.39, 0.29) is 17.9 Å². The second kappa shape index (κ2) is 8.44. The number of nitrogens with one attached hydrogen (secondary N) is 1. The fourth-order valence-electron chi connectivity index (χ4n) is 4.79. The van der Waals surface area contributed by atoms with Crippen molar-refractivity contribution in [2.75, 3.05) is 6.61 Å². The summed E-state index contributed by atoms with van der Waals surface area (Å²) in [4.78, 5) is 26.3. The number of ketones is 1. The van der Waals surface area contributed by atoms with Crippen LogP contribution in [0.3, 0.4) is 0 Å². The SMILES string of the molecule is CCOc1ccccc1C1C(C(=O)OC2CCCC2)=C(C)NC2=C1C(=O)CCC2. The zero-order valence-corrected chi connectivity index (χ0v) is 17.3. The van der Waals surface area contributed by atoms with Crippen LogP contribution in [-0.4, -0.2) is 24.5 Å². The van der Waals surface area contributed by atoms with E-state index in [9.17, 15) is 9.59 Å². The number of Topliss-reactive ketones (excluding diaryl/α,β-unsaturated/α-hetero) is 1. The summed E-state index contributed by atoms with van der Waals surface area (Å²) in [5.41, 5.74) is 3.81. The summed E-state index contributed by atoms with van der Waals surface area (Å²) >= 11 is 0. The van der Waals surface area contributed by atoms with E-state index in [0.29, 0.717) is 29.9 Å². The van der Waals surface area contributed by atoms with Crippen LogP contribution < -0.4 is 10.1 Å². The van der Waals surface area contributed by atoms with Gasteiger partial charge < -0.3 is 14.8 Å². The molecule has 1 heterocycles. The molecule has 0 aromatic heterocycles. The Morgan fingerprint density at radius 2 is 1.90 bits per heavy atom. The Morgan fingerprint density at radius 3 is 2.66 bits per heavy atom. The van der Waals surface area contributed by atoms with Gasteiger partial charge in [0.05, 0.1) is 18.1 Å². The third kappa shape index (κ3) is 3.83. The van der Waals surface area contributed by atoms with Gasteiger partial charge >= 0.3 is 5.97 Å². The molecule has 4 rings (SSSR count). The zero-order chi connectivity index (χ0) is 20.4. The first-order valence-corrected chi connectivity index (χ1v) is 10.8. The van der Waals surface area contributed by atoms with E-state index in [1.807, 2.05) is 38.1 Å². The number of hydrogen-bond acceptors (Lipinski definition) is 5. The molecule has 29 heavy (non-hydrogen) atoms. The summed E-state index contributed by atoms with van der Waals surface area (Å²) in [5, 5.41) is 3.35. The standard InChI is InChI=1S/C24H29NO4/c1-3-28-20-14-7-6-11-17(20)22-21(24(27)29-16-9-4-5-10-16)15(2)25-18-12-8-13-19(26)23(18)22/h6-7,11,14,16,22,25H,3-5,8-10,12-13H2,1-2H3. The molecule has 1 N–H and O–H groups in total. The van der Waals surface area contributed by atoms with E-state index in [1.165, 1.54) is 0 Å². The number of esters is 1. The average Bonchev–Trinajstić information content (AvgIpc) is 3.21. The summed E-state index contributed by atoms with van der Waals surface area (Å²) in [5.74, 6) is 0.0543. The minimum absolute atomic E-state index is 0.0250. The van der Waals surface area contributed by atoms with Gasteiger partial charge in [0.1, 0.15) is 11.9 Å². The molecule has 1 unspecified atom stereocenters. The van der Waals surface area contributed by atoms with E-state index in [4.69, 9.17) is 9.47 Å². The molecule has 1 aliphatic heterocycles. The summed E-state index contributed by atoms with van der Waals surface area (Å²) in [6, 6.07) is 7.72. The van der Waals surface area contributed by atoms with Crippen molar-refractivity contribution in [3.63, 3.8) is 0 Å². The molecular formula is C24H29NO4. The summed E-state index contributed by atoms with van der Waals surface area (Å²) in [6.07, 6.45) is 6.16. The second-order valence-corrected chi connectivity index (χ2v) is 8.05. The Bertz CT molecular complexity index is 877. The lowest BCUT2D eigenvalue weighted by atomic mass is 9.75. The highest BCUT2D eigenvalue weighted by molar-refractivity contribution is 6.04. The maximum Gasteiger partial charge on any atom is 0.337 e. The average molecular weight is 395 g/mol. The van der Waals surface area contributed by atoms with Gasteiger partial charge in [0.15, 0.2) is 5.78 Å². The molecule has 1 atom stereocenters. The molecule has 0 radical (unpaired) electrons. The van der Waals surface area contributed by atoms with Gasteiger partial charge in [-0.15, -0.1) is 0 Å². The van der Waals surface area contributed by atoms with Crippen LogP contribution in [0.1, 0.15) is 70.3 Å². The number of carbonyl (C=O) groups excluding carboxylic acids is 2. The van der Waals surface area contributed by atoms with Crippen molar-refractivity contribution in [3.05, 3.63) is 52.4 Å². The van der Waals surface area contributed by atoms with Crippen molar-refractivity contribution < 1.29 is 19.1 Å². The van der Waals surface area contributed by atoms with E-state index in [1.54, 1.807) is 0 Å². The van der Waals surface area contributed by atoms with Crippen molar-refractivity contribution in [1.29, 1.82) is 0 Å². The van der Waals surface area contributed by atoms with Crippen LogP contribution >= 0.6 is 0 Å². The van der Waals surface area contributed by atoms with Crippen molar-refractivity contribution in [3.8, 4) is 5.75 Å². The molecule has 5 heteroatoms. The predicted octanol–water partition coefficient (Wildman–Crippen LogP) is 4.54. The summed E-state index contributed by atoms with van der Waals surface area (Å²) < 4.78 is 11.7. The number of rotatable bonds is 5. The molecule has 0 amide bonds. The highest BCUT2D eigenvalue weighted by Crippen LogP contribution is 2.45. The molecule has 3 aliphatic rings. The number of ether oxygens (including phenoxy) is 2. The van der Waals surface area contributed by atoms with Gasteiger partial charge in [0.2, 0.25) is 0 Å². The van der Waals surface area contributed by atoms with Crippen LogP contribution in [0, 0.1) is 0 Å². The Morgan fingerprint density at radius 1 is 1.14 bits per heavy atom. The molecule has 1 saturated carbocycles. The lowest BCUT2D eigenvalue weighted by molar-refractivity contribution is -0.144. The van der Waals surface area contributed by atoms with Gasteiger partial charge in [0, 0.05) is 29.0 Å². The molecule has 2 aliphatic carbocycles. The lowest BCUT2D eigenvalue weighted by Gasteiger charge is -2.35. The molecule has 0 bridgehead atoms. The van der Waals surface area contributed by atoms with Gasteiger partial charge in [-0.1, -0.05) is 18.2 Å². The molecule has 1 aromatic rings. The first kappa shape index (κ1) is 19.7. The minimum Gasteiger partial charge on any atom is -0.494 e. The zero-order valence-electron chi connectivity index (χ0n) is 17.3. The quantitative estimate of drug-likeness (QED) is 0.742. The van der Waals surface area contributed by atoms with Crippen molar-refractivity contribution in [2.24, 2.45) is 0 Å². The van der Waals surface area contributed by atoms with Gasteiger partial charge in [-0.2, -0.15) is 0 Å². The number of benzene rings is 1.